The molecule has 1 N–H and O–H groups in total. The van der Waals surface area contributed by atoms with Gasteiger partial charge in [-0.3, -0.25) is 0 Å². The van der Waals surface area contributed by atoms with Crippen LogP contribution in [-0.2, 0) is 19.6 Å². The van der Waals surface area contributed by atoms with Crippen LogP contribution in [0, 0.1) is 25.5 Å². The zero-order valence-corrected chi connectivity index (χ0v) is 14.7. The van der Waals surface area contributed by atoms with Crippen molar-refractivity contribution in [2.24, 2.45) is 0 Å². The van der Waals surface area contributed by atoms with Crippen LogP contribution in [0.2, 0.25) is 0 Å². The summed E-state index contributed by atoms with van der Waals surface area (Å²) in [6.07, 6.45) is 0. The van der Waals surface area contributed by atoms with E-state index in [1.165, 1.54) is 0 Å². The molecule has 0 aliphatic heterocycles. The number of hydrogen-bond donors (Lipinski definition) is 1. The van der Waals surface area contributed by atoms with E-state index in [9.17, 15) is 22.0 Å². The number of carbonyl (C=O) groups is 1. The SMILES string of the molecule is COC(=O)[C@H](NS(=O)(=O)c1c(F)cccc1F)c1c(C)cccc1C. The number of hydrogen-bond acceptors (Lipinski definition) is 4. The van der Waals surface area contributed by atoms with Gasteiger partial charge in [0.15, 0.2) is 4.90 Å². The highest BCUT2D eigenvalue weighted by atomic mass is 32.2. The topological polar surface area (TPSA) is 72.5 Å². The Bertz CT molecular complexity index is 872. The Morgan fingerprint density at radius 1 is 1.04 bits per heavy atom. The zero-order chi connectivity index (χ0) is 18.8. The summed E-state index contributed by atoms with van der Waals surface area (Å²) in [6, 6.07) is 6.39. The summed E-state index contributed by atoms with van der Waals surface area (Å²) < 4.78 is 59.5. The van der Waals surface area contributed by atoms with E-state index in [0.717, 1.165) is 25.3 Å². The van der Waals surface area contributed by atoms with Gasteiger partial charge in [0.05, 0.1) is 7.11 Å². The van der Waals surface area contributed by atoms with Crippen molar-refractivity contribution in [2.75, 3.05) is 7.11 Å². The Morgan fingerprint density at radius 3 is 2.00 bits per heavy atom. The lowest BCUT2D eigenvalue weighted by molar-refractivity contribution is -0.142. The monoisotopic (exact) mass is 369 g/mol. The smallest absolute Gasteiger partial charge is 0.328 e. The van der Waals surface area contributed by atoms with Gasteiger partial charge in [0.25, 0.3) is 0 Å². The molecule has 134 valence electrons. The second-order valence-electron chi connectivity index (χ2n) is 5.43. The minimum Gasteiger partial charge on any atom is -0.468 e. The van der Waals surface area contributed by atoms with Gasteiger partial charge in [0.2, 0.25) is 10.0 Å². The molecule has 0 amide bonds. The standard InChI is InChI=1S/C17H17F2NO4S/c1-10-6-4-7-11(2)14(10)15(17(21)24-3)20-25(22,23)16-12(18)8-5-9-13(16)19/h4-9,15,20H,1-3H3/t15-/m1/s1. The molecule has 0 bridgehead atoms. The quantitative estimate of drug-likeness (QED) is 0.823. The molecular weight excluding hydrogens is 352 g/mol. The molecule has 0 saturated carbocycles. The van der Waals surface area contributed by atoms with Crippen molar-refractivity contribution >= 4 is 16.0 Å². The van der Waals surface area contributed by atoms with Crippen molar-refractivity contribution in [2.45, 2.75) is 24.8 Å². The third-order valence-corrected chi connectivity index (χ3v) is 5.20. The normalized spacial score (nSPS) is 12.7. The van der Waals surface area contributed by atoms with Crippen LogP contribution in [0.5, 0.6) is 0 Å². The summed E-state index contributed by atoms with van der Waals surface area (Å²) in [4.78, 5) is 11.0. The summed E-state index contributed by atoms with van der Waals surface area (Å²) in [5.41, 5.74) is 1.63. The molecule has 0 saturated heterocycles. The molecule has 5 nitrogen and oxygen atoms in total. The molecule has 0 unspecified atom stereocenters. The fourth-order valence-corrected chi connectivity index (χ4v) is 3.87. The van der Waals surface area contributed by atoms with Crippen molar-refractivity contribution in [1.82, 2.24) is 4.72 Å². The highest BCUT2D eigenvalue weighted by Gasteiger charge is 2.33. The molecule has 0 fully saturated rings. The van der Waals surface area contributed by atoms with Crippen molar-refractivity contribution in [3.05, 3.63) is 64.7 Å². The van der Waals surface area contributed by atoms with E-state index in [4.69, 9.17) is 0 Å². The third-order valence-electron chi connectivity index (χ3n) is 3.73. The number of carbonyl (C=O) groups excluding carboxylic acids is 1. The molecule has 8 heteroatoms. The molecule has 0 radical (unpaired) electrons. The van der Waals surface area contributed by atoms with Crippen molar-refractivity contribution in [3.8, 4) is 0 Å². The largest absolute Gasteiger partial charge is 0.468 e. The molecule has 25 heavy (non-hydrogen) atoms. The van der Waals surface area contributed by atoms with Crippen LogP contribution in [0.1, 0.15) is 22.7 Å². The highest BCUT2D eigenvalue weighted by Crippen LogP contribution is 2.26. The maximum absolute atomic E-state index is 13.9. The van der Waals surface area contributed by atoms with Gasteiger partial charge in [-0.2, -0.15) is 4.72 Å². The highest BCUT2D eigenvalue weighted by molar-refractivity contribution is 7.89. The average molecular weight is 369 g/mol. The number of benzene rings is 2. The minimum atomic E-state index is -4.66. The molecule has 2 aromatic rings. The van der Waals surface area contributed by atoms with E-state index in [1.807, 2.05) is 0 Å². The van der Waals surface area contributed by atoms with Gasteiger partial charge in [-0.25, -0.2) is 22.0 Å². The fraction of sp³-hybridized carbons (Fsp3) is 0.235. The van der Waals surface area contributed by atoms with Crippen molar-refractivity contribution < 1.29 is 26.7 Å². The molecule has 0 heterocycles. The summed E-state index contributed by atoms with van der Waals surface area (Å²) in [6.45, 7) is 3.38. The van der Waals surface area contributed by atoms with E-state index >= 15 is 0 Å². The van der Waals surface area contributed by atoms with Gasteiger partial charge in [-0.05, 0) is 42.7 Å². The van der Waals surface area contributed by atoms with Gasteiger partial charge in [0.1, 0.15) is 17.7 Å². The van der Waals surface area contributed by atoms with Crippen molar-refractivity contribution in [3.63, 3.8) is 0 Å². The molecular formula is C17H17F2NO4S. The number of sulfonamides is 1. The Labute approximate surface area is 144 Å². The number of aryl methyl sites for hydroxylation is 2. The molecule has 2 rings (SSSR count). The third kappa shape index (κ3) is 3.85. The van der Waals surface area contributed by atoms with Gasteiger partial charge >= 0.3 is 5.97 Å². The molecule has 0 aliphatic rings. The molecule has 0 aromatic heterocycles. The number of methoxy groups -OCH3 is 1. The predicted molar refractivity (Wildman–Crippen MR) is 87.4 cm³/mol. The van der Waals surface area contributed by atoms with E-state index in [2.05, 4.69) is 9.46 Å². The summed E-state index contributed by atoms with van der Waals surface area (Å²) in [5.74, 6) is -3.40. The van der Waals surface area contributed by atoms with Gasteiger partial charge in [-0.15, -0.1) is 0 Å². The van der Waals surface area contributed by atoms with E-state index in [-0.39, 0.29) is 0 Å². The minimum absolute atomic E-state index is 0.370. The first-order valence-corrected chi connectivity index (χ1v) is 8.77. The summed E-state index contributed by atoms with van der Waals surface area (Å²) in [5, 5.41) is 0. The first-order valence-electron chi connectivity index (χ1n) is 7.29. The number of nitrogens with one attached hydrogen (secondary N) is 1. The summed E-state index contributed by atoms with van der Waals surface area (Å²) >= 11 is 0. The Balaban J connectivity index is 2.57. The van der Waals surface area contributed by atoms with Crippen molar-refractivity contribution in [1.29, 1.82) is 0 Å². The van der Waals surface area contributed by atoms with Gasteiger partial charge in [0, 0.05) is 0 Å². The van der Waals surface area contributed by atoms with Crippen LogP contribution in [0.4, 0.5) is 8.78 Å². The molecule has 0 aliphatic carbocycles. The number of ether oxygens (including phenoxy) is 1. The fourth-order valence-electron chi connectivity index (χ4n) is 2.58. The van der Waals surface area contributed by atoms with Crippen LogP contribution in [-0.4, -0.2) is 21.5 Å². The Hall–Kier alpha value is -2.32. The van der Waals surface area contributed by atoms with Crippen LogP contribution in [0.25, 0.3) is 0 Å². The maximum atomic E-state index is 13.9. The molecule has 1 atom stereocenters. The first kappa shape index (κ1) is 19.0. The van der Waals surface area contributed by atoms with Crippen LogP contribution < -0.4 is 4.72 Å². The van der Waals surface area contributed by atoms with E-state index in [0.29, 0.717) is 16.7 Å². The van der Waals surface area contributed by atoms with E-state index < -0.39 is 38.6 Å². The second kappa shape index (κ2) is 7.28. The van der Waals surface area contributed by atoms with Gasteiger partial charge in [-0.1, -0.05) is 24.3 Å². The number of halogens is 2. The maximum Gasteiger partial charge on any atom is 0.328 e. The van der Waals surface area contributed by atoms with Crippen LogP contribution >= 0.6 is 0 Å². The lowest BCUT2D eigenvalue weighted by Gasteiger charge is -2.21. The number of esters is 1. The Kier molecular flexibility index (Phi) is 5.54. The van der Waals surface area contributed by atoms with Gasteiger partial charge < -0.3 is 4.74 Å². The predicted octanol–water partition coefficient (Wildman–Crippen LogP) is 2.77. The Morgan fingerprint density at radius 2 is 1.52 bits per heavy atom. The molecule has 2 aromatic carbocycles. The van der Waals surface area contributed by atoms with Crippen LogP contribution in [0.15, 0.2) is 41.3 Å². The van der Waals surface area contributed by atoms with Crippen LogP contribution in [0.3, 0.4) is 0 Å². The number of rotatable bonds is 5. The second-order valence-corrected chi connectivity index (χ2v) is 7.08. The van der Waals surface area contributed by atoms with E-state index in [1.54, 1.807) is 32.0 Å². The lowest BCUT2D eigenvalue weighted by Crippen LogP contribution is -2.36. The molecule has 0 spiro atoms. The average Bonchev–Trinajstić information content (AvgIpc) is 2.52. The lowest BCUT2D eigenvalue weighted by atomic mass is 9.97. The first-order chi connectivity index (χ1) is 11.7. The summed E-state index contributed by atoms with van der Waals surface area (Å²) in [7, 11) is -3.56. The zero-order valence-electron chi connectivity index (χ0n) is 13.8.